The third-order valence-electron chi connectivity index (χ3n) is 4.05. The van der Waals surface area contributed by atoms with Crippen LogP contribution in [-0.4, -0.2) is 30.0 Å². The fourth-order valence-corrected chi connectivity index (χ4v) is 3.45. The number of esters is 1. The number of amides is 1. The SMILES string of the molecule is Cc1ncsc1CCOC(=O)[C@H]1CCN(c2ccc(F)cc2)C1=O. The molecule has 1 atom stereocenters. The maximum atomic E-state index is 13.0. The van der Waals surface area contributed by atoms with Crippen molar-refractivity contribution in [2.75, 3.05) is 18.1 Å². The number of hydrogen-bond donors (Lipinski definition) is 0. The molecule has 2 aromatic rings. The largest absolute Gasteiger partial charge is 0.465 e. The Labute approximate surface area is 143 Å². The van der Waals surface area contributed by atoms with E-state index in [4.69, 9.17) is 4.74 Å². The summed E-state index contributed by atoms with van der Waals surface area (Å²) in [6.07, 6.45) is 1.01. The van der Waals surface area contributed by atoms with Crippen molar-refractivity contribution in [1.82, 2.24) is 4.98 Å². The number of aromatic nitrogens is 1. The number of nitrogens with zero attached hydrogens (tertiary/aromatic N) is 2. The molecule has 0 spiro atoms. The average Bonchev–Trinajstić information content (AvgIpc) is 3.14. The zero-order valence-corrected chi connectivity index (χ0v) is 14.0. The van der Waals surface area contributed by atoms with E-state index < -0.39 is 11.9 Å². The van der Waals surface area contributed by atoms with Gasteiger partial charge in [-0.1, -0.05) is 0 Å². The molecule has 0 aliphatic carbocycles. The van der Waals surface area contributed by atoms with Crippen LogP contribution in [0.1, 0.15) is 17.0 Å². The van der Waals surface area contributed by atoms with Crippen molar-refractivity contribution in [3.05, 3.63) is 46.2 Å². The predicted molar refractivity (Wildman–Crippen MR) is 88.4 cm³/mol. The van der Waals surface area contributed by atoms with Gasteiger partial charge in [-0.05, 0) is 37.6 Å². The minimum Gasteiger partial charge on any atom is -0.465 e. The van der Waals surface area contributed by atoms with E-state index in [0.29, 0.717) is 25.1 Å². The van der Waals surface area contributed by atoms with E-state index in [1.165, 1.54) is 40.5 Å². The highest BCUT2D eigenvalue weighted by Crippen LogP contribution is 2.26. The van der Waals surface area contributed by atoms with Crippen molar-refractivity contribution in [3.63, 3.8) is 0 Å². The lowest BCUT2D eigenvalue weighted by Gasteiger charge is -2.16. The molecular formula is C17H17FN2O3S. The molecule has 1 fully saturated rings. The Kier molecular flexibility index (Phi) is 4.89. The van der Waals surface area contributed by atoms with Crippen molar-refractivity contribution in [2.45, 2.75) is 19.8 Å². The molecule has 2 heterocycles. The van der Waals surface area contributed by atoms with E-state index in [9.17, 15) is 14.0 Å². The number of thiazole rings is 1. The summed E-state index contributed by atoms with van der Waals surface area (Å²) in [6.45, 7) is 2.58. The van der Waals surface area contributed by atoms with E-state index in [2.05, 4.69) is 4.98 Å². The third kappa shape index (κ3) is 3.46. The number of benzene rings is 1. The first-order chi connectivity index (χ1) is 11.6. The number of carbonyl (C=O) groups is 2. The smallest absolute Gasteiger partial charge is 0.318 e. The minimum absolute atomic E-state index is 0.238. The van der Waals surface area contributed by atoms with Gasteiger partial charge in [0.25, 0.3) is 0 Å². The van der Waals surface area contributed by atoms with Gasteiger partial charge in [0.05, 0.1) is 17.8 Å². The molecule has 0 radical (unpaired) electrons. The summed E-state index contributed by atoms with van der Waals surface area (Å²) in [7, 11) is 0. The first-order valence-electron chi connectivity index (χ1n) is 7.69. The van der Waals surface area contributed by atoms with Crippen LogP contribution in [0, 0.1) is 18.7 Å². The molecule has 0 saturated carbocycles. The van der Waals surface area contributed by atoms with Crippen LogP contribution in [0.25, 0.3) is 0 Å². The van der Waals surface area contributed by atoms with Crippen LogP contribution in [0.3, 0.4) is 0 Å². The monoisotopic (exact) mass is 348 g/mol. The van der Waals surface area contributed by atoms with Crippen molar-refractivity contribution in [2.24, 2.45) is 5.92 Å². The average molecular weight is 348 g/mol. The summed E-state index contributed by atoms with van der Waals surface area (Å²) >= 11 is 1.52. The molecule has 1 aromatic carbocycles. The van der Waals surface area contributed by atoms with Gasteiger partial charge in [0.1, 0.15) is 11.7 Å². The summed E-state index contributed by atoms with van der Waals surface area (Å²) in [6, 6.07) is 5.67. The highest BCUT2D eigenvalue weighted by molar-refractivity contribution is 7.09. The first kappa shape index (κ1) is 16.6. The lowest BCUT2D eigenvalue weighted by atomic mass is 10.1. The maximum absolute atomic E-state index is 13.0. The molecule has 1 saturated heterocycles. The van der Waals surface area contributed by atoms with E-state index in [-0.39, 0.29) is 18.3 Å². The normalized spacial score (nSPS) is 17.3. The van der Waals surface area contributed by atoms with E-state index in [1.807, 2.05) is 6.92 Å². The Morgan fingerprint density at radius 3 is 2.83 bits per heavy atom. The Morgan fingerprint density at radius 2 is 2.17 bits per heavy atom. The van der Waals surface area contributed by atoms with Crippen LogP contribution >= 0.6 is 11.3 Å². The van der Waals surface area contributed by atoms with Gasteiger partial charge in [0.15, 0.2) is 0 Å². The van der Waals surface area contributed by atoms with Crippen LogP contribution in [-0.2, 0) is 20.7 Å². The molecule has 24 heavy (non-hydrogen) atoms. The zero-order chi connectivity index (χ0) is 17.1. The van der Waals surface area contributed by atoms with Crippen LogP contribution in [0.15, 0.2) is 29.8 Å². The van der Waals surface area contributed by atoms with Crippen LogP contribution in [0.5, 0.6) is 0 Å². The summed E-state index contributed by atoms with van der Waals surface area (Å²) in [5.74, 6) is -1.93. The van der Waals surface area contributed by atoms with Gasteiger partial charge in [-0.2, -0.15) is 0 Å². The molecule has 0 unspecified atom stereocenters. The van der Waals surface area contributed by atoms with E-state index >= 15 is 0 Å². The van der Waals surface area contributed by atoms with Crippen molar-refractivity contribution in [1.29, 1.82) is 0 Å². The Bertz CT molecular complexity index is 745. The molecule has 1 aliphatic rings. The van der Waals surface area contributed by atoms with Gasteiger partial charge in [-0.15, -0.1) is 11.3 Å². The standard InChI is InChI=1S/C17H17FN2O3S/c1-11-15(24-10-19-11)7-9-23-17(22)14-6-8-20(16(14)21)13-4-2-12(18)3-5-13/h2-5,10,14H,6-9H2,1H3/t14-/m0/s1. The number of aryl methyl sites for hydroxylation is 1. The summed E-state index contributed by atoms with van der Waals surface area (Å²) in [4.78, 5) is 31.3. The third-order valence-corrected chi connectivity index (χ3v) is 5.04. The zero-order valence-electron chi connectivity index (χ0n) is 13.2. The molecular weight excluding hydrogens is 331 g/mol. The fourth-order valence-electron chi connectivity index (χ4n) is 2.69. The molecule has 0 N–H and O–H groups in total. The molecule has 1 aromatic heterocycles. The second kappa shape index (κ2) is 7.09. The topological polar surface area (TPSA) is 59.5 Å². The molecule has 3 rings (SSSR count). The van der Waals surface area contributed by atoms with Gasteiger partial charge in [-0.25, -0.2) is 9.37 Å². The number of halogens is 1. The van der Waals surface area contributed by atoms with E-state index in [1.54, 1.807) is 5.51 Å². The maximum Gasteiger partial charge on any atom is 0.318 e. The molecule has 5 nitrogen and oxygen atoms in total. The summed E-state index contributed by atoms with van der Waals surface area (Å²) < 4.78 is 18.2. The van der Waals surface area contributed by atoms with Crippen molar-refractivity contribution < 1.29 is 18.7 Å². The van der Waals surface area contributed by atoms with Crippen LogP contribution in [0.4, 0.5) is 10.1 Å². The van der Waals surface area contributed by atoms with Gasteiger partial charge >= 0.3 is 5.97 Å². The number of hydrogen-bond acceptors (Lipinski definition) is 5. The summed E-state index contributed by atoms with van der Waals surface area (Å²) in [5.41, 5.74) is 3.29. The van der Waals surface area contributed by atoms with E-state index in [0.717, 1.165) is 10.6 Å². The Morgan fingerprint density at radius 1 is 1.42 bits per heavy atom. The number of anilines is 1. The highest BCUT2D eigenvalue weighted by atomic mass is 32.1. The minimum atomic E-state index is -0.780. The summed E-state index contributed by atoms with van der Waals surface area (Å²) in [5, 5.41) is 0. The second-order valence-electron chi connectivity index (χ2n) is 5.59. The van der Waals surface area contributed by atoms with Crippen LogP contribution in [0.2, 0.25) is 0 Å². The van der Waals surface area contributed by atoms with Crippen molar-refractivity contribution in [3.8, 4) is 0 Å². The first-order valence-corrected chi connectivity index (χ1v) is 8.57. The van der Waals surface area contributed by atoms with Crippen molar-refractivity contribution >= 4 is 28.9 Å². The number of ether oxygens (including phenoxy) is 1. The van der Waals surface area contributed by atoms with Gasteiger partial charge < -0.3 is 9.64 Å². The highest BCUT2D eigenvalue weighted by Gasteiger charge is 2.38. The van der Waals surface area contributed by atoms with Gasteiger partial charge in [0.2, 0.25) is 5.91 Å². The molecule has 1 aliphatic heterocycles. The second-order valence-corrected chi connectivity index (χ2v) is 6.53. The van der Waals surface area contributed by atoms with Crippen LogP contribution < -0.4 is 4.90 Å². The quantitative estimate of drug-likeness (QED) is 0.616. The lowest BCUT2D eigenvalue weighted by Crippen LogP contribution is -2.31. The molecule has 7 heteroatoms. The number of rotatable bonds is 5. The number of carbonyl (C=O) groups excluding carboxylic acids is 2. The molecule has 1 amide bonds. The van der Waals surface area contributed by atoms with Gasteiger partial charge in [-0.3, -0.25) is 9.59 Å². The molecule has 0 bridgehead atoms. The Balaban J connectivity index is 1.55. The predicted octanol–water partition coefficient (Wildman–Crippen LogP) is 2.73. The van der Waals surface area contributed by atoms with Gasteiger partial charge in [0, 0.05) is 23.5 Å². The molecule has 126 valence electrons. The lowest BCUT2D eigenvalue weighted by molar-refractivity contribution is -0.150. The Hall–Kier alpha value is -2.28. The fraction of sp³-hybridized carbons (Fsp3) is 0.353.